The second kappa shape index (κ2) is 6.43. The van der Waals surface area contributed by atoms with Gasteiger partial charge in [0.05, 0.1) is 10.9 Å². The van der Waals surface area contributed by atoms with Gasteiger partial charge < -0.3 is 5.32 Å². The molecule has 0 aromatic heterocycles. The lowest BCUT2D eigenvalue weighted by atomic mass is 10.2. The van der Waals surface area contributed by atoms with Crippen LogP contribution < -0.4 is 10.0 Å². The van der Waals surface area contributed by atoms with Gasteiger partial charge in [0, 0.05) is 12.2 Å². The van der Waals surface area contributed by atoms with Gasteiger partial charge in [0.25, 0.3) is 0 Å². The van der Waals surface area contributed by atoms with Gasteiger partial charge >= 0.3 is 0 Å². The summed E-state index contributed by atoms with van der Waals surface area (Å²) in [5, 5.41) is 3.14. The van der Waals surface area contributed by atoms with Crippen LogP contribution in [0.15, 0.2) is 29.2 Å². The molecule has 1 unspecified atom stereocenters. The van der Waals surface area contributed by atoms with Gasteiger partial charge in [-0.05, 0) is 30.7 Å². The standard InChI is InChI=1S/C13H18N2O2S/c1-4-11(5-2)15-12-7-9-13(10-8-12)18(16,17)14-6-3/h1,7-11,14-15H,5-6H2,2-3H3. The minimum absolute atomic E-state index is 0.0405. The number of anilines is 1. The van der Waals surface area contributed by atoms with E-state index in [1.165, 1.54) is 0 Å². The van der Waals surface area contributed by atoms with Gasteiger partial charge in [0.15, 0.2) is 0 Å². The lowest BCUT2D eigenvalue weighted by Crippen LogP contribution is -2.23. The molecule has 1 atom stereocenters. The Balaban J connectivity index is 2.84. The molecule has 1 rings (SSSR count). The third-order valence-electron chi connectivity index (χ3n) is 2.45. The molecule has 1 aromatic rings. The van der Waals surface area contributed by atoms with Crippen molar-refractivity contribution in [2.75, 3.05) is 11.9 Å². The van der Waals surface area contributed by atoms with Gasteiger partial charge in [-0.15, -0.1) is 6.42 Å². The molecule has 2 N–H and O–H groups in total. The zero-order chi connectivity index (χ0) is 13.6. The first kappa shape index (κ1) is 14.6. The highest BCUT2D eigenvalue weighted by atomic mass is 32.2. The average Bonchev–Trinajstić information content (AvgIpc) is 2.36. The maximum absolute atomic E-state index is 11.7. The normalized spacial score (nSPS) is 12.7. The molecule has 0 spiro atoms. The molecular weight excluding hydrogens is 248 g/mol. The van der Waals surface area contributed by atoms with Crippen molar-refractivity contribution >= 4 is 15.7 Å². The third kappa shape index (κ3) is 3.76. The fourth-order valence-corrected chi connectivity index (χ4v) is 2.51. The fourth-order valence-electron chi connectivity index (χ4n) is 1.47. The first-order valence-electron chi connectivity index (χ1n) is 5.85. The van der Waals surface area contributed by atoms with Crippen LogP contribution in [-0.4, -0.2) is 21.0 Å². The molecule has 0 aliphatic heterocycles. The quantitative estimate of drug-likeness (QED) is 0.772. The number of hydrogen-bond donors (Lipinski definition) is 2. The largest absolute Gasteiger partial charge is 0.372 e. The summed E-state index contributed by atoms with van der Waals surface area (Å²) in [6, 6.07) is 6.50. The summed E-state index contributed by atoms with van der Waals surface area (Å²) in [5.41, 5.74) is 0.815. The highest BCUT2D eigenvalue weighted by Crippen LogP contribution is 2.15. The Morgan fingerprint density at radius 3 is 2.33 bits per heavy atom. The predicted octanol–water partition coefficient (Wildman–Crippen LogP) is 1.81. The van der Waals surface area contributed by atoms with Gasteiger partial charge in [-0.2, -0.15) is 0 Å². The second-order valence-electron chi connectivity index (χ2n) is 3.80. The Kier molecular flexibility index (Phi) is 5.20. The van der Waals surface area contributed by atoms with Crippen molar-refractivity contribution in [1.29, 1.82) is 0 Å². The van der Waals surface area contributed by atoms with Gasteiger partial charge in [0.2, 0.25) is 10.0 Å². The van der Waals surface area contributed by atoms with Gasteiger partial charge in [-0.1, -0.05) is 19.8 Å². The van der Waals surface area contributed by atoms with E-state index >= 15 is 0 Å². The molecule has 4 nitrogen and oxygen atoms in total. The Hall–Kier alpha value is -1.51. The van der Waals surface area contributed by atoms with Crippen LogP contribution in [0.5, 0.6) is 0 Å². The molecule has 98 valence electrons. The summed E-state index contributed by atoms with van der Waals surface area (Å²) in [7, 11) is -3.38. The monoisotopic (exact) mass is 266 g/mol. The molecule has 5 heteroatoms. The number of sulfonamides is 1. The van der Waals surface area contributed by atoms with Gasteiger partial charge in [-0.25, -0.2) is 13.1 Å². The van der Waals surface area contributed by atoms with Crippen molar-refractivity contribution in [2.24, 2.45) is 0 Å². The van der Waals surface area contributed by atoms with Crippen LogP contribution in [0.2, 0.25) is 0 Å². The highest BCUT2D eigenvalue weighted by molar-refractivity contribution is 7.89. The molecule has 1 aromatic carbocycles. The maximum Gasteiger partial charge on any atom is 0.240 e. The van der Waals surface area contributed by atoms with Crippen LogP contribution in [0.25, 0.3) is 0 Å². The number of hydrogen-bond acceptors (Lipinski definition) is 3. The summed E-state index contributed by atoms with van der Waals surface area (Å²) in [4.78, 5) is 0.253. The van der Waals surface area contributed by atoms with E-state index in [0.717, 1.165) is 12.1 Å². The van der Waals surface area contributed by atoms with E-state index in [0.29, 0.717) is 6.54 Å². The minimum Gasteiger partial charge on any atom is -0.372 e. The van der Waals surface area contributed by atoms with Crippen LogP contribution in [0, 0.1) is 12.3 Å². The van der Waals surface area contributed by atoms with Crippen molar-refractivity contribution in [3.05, 3.63) is 24.3 Å². The van der Waals surface area contributed by atoms with E-state index in [2.05, 4.69) is 16.0 Å². The minimum atomic E-state index is -3.38. The van der Waals surface area contributed by atoms with Crippen LogP contribution in [0.1, 0.15) is 20.3 Å². The first-order chi connectivity index (χ1) is 8.53. The summed E-state index contributed by atoms with van der Waals surface area (Å²) in [5.74, 6) is 2.62. The summed E-state index contributed by atoms with van der Waals surface area (Å²) >= 11 is 0. The molecule has 0 saturated carbocycles. The number of benzene rings is 1. The lowest BCUT2D eigenvalue weighted by molar-refractivity contribution is 0.584. The fraction of sp³-hybridized carbons (Fsp3) is 0.385. The zero-order valence-electron chi connectivity index (χ0n) is 10.6. The predicted molar refractivity (Wildman–Crippen MR) is 73.8 cm³/mol. The van der Waals surface area contributed by atoms with E-state index in [4.69, 9.17) is 6.42 Å². The van der Waals surface area contributed by atoms with Crippen molar-refractivity contribution in [2.45, 2.75) is 31.2 Å². The topological polar surface area (TPSA) is 58.2 Å². The summed E-state index contributed by atoms with van der Waals surface area (Å²) in [6.07, 6.45) is 6.16. The van der Waals surface area contributed by atoms with Crippen molar-refractivity contribution in [1.82, 2.24) is 4.72 Å². The van der Waals surface area contributed by atoms with Crippen LogP contribution in [-0.2, 0) is 10.0 Å². The Labute approximate surface area is 109 Å². The molecule has 0 fully saturated rings. The molecule has 0 bridgehead atoms. The molecule has 0 saturated heterocycles. The van der Waals surface area contributed by atoms with Gasteiger partial charge in [0.1, 0.15) is 0 Å². The molecule has 0 heterocycles. The molecule has 0 amide bonds. The second-order valence-corrected chi connectivity index (χ2v) is 5.56. The molecular formula is C13H18N2O2S. The third-order valence-corrected chi connectivity index (χ3v) is 4.01. The molecule has 0 aliphatic carbocycles. The smallest absolute Gasteiger partial charge is 0.240 e. The first-order valence-corrected chi connectivity index (χ1v) is 7.34. The summed E-state index contributed by atoms with van der Waals surface area (Å²) < 4.78 is 25.9. The molecule has 0 radical (unpaired) electrons. The van der Waals surface area contributed by atoms with Crippen LogP contribution in [0.4, 0.5) is 5.69 Å². The Morgan fingerprint density at radius 1 is 1.28 bits per heavy atom. The lowest BCUT2D eigenvalue weighted by Gasteiger charge is -2.12. The highest BCUT2D eigenvalue weighted by Gasteiger charge is 2.12. The average molecular weight is 266 g/mol. The van der Waals surface area contributed by atoms with E-state index in [-0.39, 0.29) is 10.9 Å². The van der Waals surface area contributed by atoms with E-state index in [9.17, 15) is 8.42 Å². The Morgan fingerprint density at radius 2 is 1.89 bits per heavy atom. The van der Waals surface area contributed by atoms with E-state index in [1.807, 2.05) is 6.92 Å². The zero-order valence-corrected chi connectivity index (χ0v) is 11.4. The van der Waals surface area contributed by atoms with E-state index < -0.39 is 10.0 Å². The molecule has 18 heavy (non-hydrogen) atoms. The van der Waals surface area contributed by atoms with Crippen molar-refractivity contribution in [3.8, 4) is 12.3 Å². The van der Waals surface area contributed by atoms with E-state index in [1.54, 1.807) is 31.2 Å². The maximum atomic E-state index is 11.7. The SMILES string of the molecule is C#CC(CC)Nc1ccc(S(=O)(=O)NCC)cc1. The van der Waals surface area contributed by atoms with Crippen molar-refractivity contribution in [3.63, 3.8) is 0 Å². The number of rotatable bonds is 6. The number of nitrogens with one attached hydrogen (secondary N) is 2. The summed E-state index contributed by atoms with van der Waals surface area (Å²) in [6.45, 7) is 4.10. The molecule has 0 aliphatic rings. The van der Waals surface area contributed by atoms with Crippen molar-refractivity contribution < 1.29 is 8.42 Å². The number of terminal acetylenes is 1. The van der Waals surface area contributed by atoms with Crippen LogP contribution >= 0.6 is 0 Å². The Bertz CT molecular complexity index is 515. The van der Waals surface area contributed by atoms with Crippen LogP contribution in [0.3, 0.4) is 0 Å². The van der Waals surface area contributed by atoms with Gasteiger partial charge in [-0.3, -0.25) is 0 Å².